The Hall–Kier alpha value is -3.86. The second-order valence-electron chi connectivity index (χ2n) is 10.5. The summed E-state index contributed by atoms with van der Waals surface area (Å²) in [6.45, 7) is 10.5. The number of methoxy groups -OCH3 is 1. The van der Waals surface area contributed by atoms with E-state index in [0.29, 0.717) is 11.3 Å². The maximum absolute atomic E-state index is 13.4. The molecule has 1 atom stereocenters. The number of likely N-dealkylation sites (tertiary alicyclic amines) is 1. The molecule has 186 valence electrons. The van der Waals surface area contributed by atoms with E-state index in [-0.39, 0.29) is 23.3 Å². The predicted octanol–water partition coefficient (Wildman–Crippen LogP) is 6.23. The highest BCUT2D eigenvalue weighted by atomic mass is 16.5. The first-order chi connectivity index (χ1) is 17.0. The van der Waals surface area contributed by atoms with E-state index in [0.717, 1.165) is 27.8 Å². The molecule has 0 bridgehead atoms. The molecule has 4 rings (SSSR count). The number of benzene rings is 3. The van der Waals surface area contributed by atoms with Crippen LogP contribution in [0.15, 0.2) is 72.3 Å². The molecule has 36 heavy (non-hydrogen) atoms. The Bertz CT molecular complexity index is 1330. The zero-order valence-electron chi connectivity index (χ0n) is 21.8. The van der Waals surface area contributed by atoms with Crippen LogP contribution in [0.4, 0.5) is 0 Å². The number of aliphatic hydroxyl groups is 1. The lowest BCUT2D eigenvalue weighted by Crippen LogP contribution is -2.29. The van der Waals surface area contributed by atoms with Crippen molar-refractivity contribution in [2.24, 2.45) is 0 Å². The van der Waals surface area contributed by atoms with E-state index in [1.807, 2.05) is 80.6 Å². The van der Waals surface area contributed by atoms with Crippen LogP contribution in [-0.2, 0) is 21.5 Å². The van der Waals surface area contributed by atoms with Gasteiger partial charge in [-0.05, 0) is 59.7 Å². The van der Waals surface area contributed by atoms with Crippen molar-refractivity contribution in [1.82, 2.24) is 4.90 Å². The van der Waals surface area contributed by atoms with E-state index in [4.69, 9.17) is 4.74 Å². The minimum atomic E-state index is -0.707. The second-order valence-corrected chi connectivity index (χ2v) is 10.5. The maximum atomic E-state index is 13.4. The van der Waals surface area contributed by atoms with E-state index >= 15 is 0 Å². The zero-order valence-corrected chi connectivity index (χ0v) is 21.8. The highest BCUT2D eigenvalue weighted by molar-refractivity contribution is 6.46. The van der Waals surface area contributed by atoms with Crippen LogP contribution >= 0.6 is 0 Å². The standard InChI is InChI=1S/C31H33NO4/c1-19-7-8-20(2)25(17-19)28(33)26-27(22-11-13-23(14-12-22)31(3,4)5)32(30(35)29(26)34)18-21-9-15-24(36-6)16-10-21/h7-17,27,33H,18H2,1-6H3/b28-26+. The van der Waals surface area contributed by atoms with E-state index in [9.17, 15) is 14.7 Å². The summed E-state index contributed by atoms with van der Waals surface area (Å²) < 4.78 is 5.25. The third-order valence-corrected chi connectivity index (χ3v) is 6.79. The van der Waals surface area contributed by atoms with Crippen molar-refractivity contribution in [2.45, 2.75) is 52.6 Å². The average molecular weight is 484 g/mol. The Morgan fingerprint density at radius 2 is 1.58 bits per heavy atom. The lowest BCUT2D eigenvalue weighted by Gasteiger charge is -2.27. The van der Waals surface area contributed by atoms with Crippen molar-refractivity contribution in [3.63, 3.8) is 0 Å². The number of aryl methyl sites for hydroxylation is 2. The summed E-state index contributed by atoms with van der Waals surface area (Å²) in [6, 6.07) is 20.4. The van der Waals surface area contributed by atoms with Crippen molar-refractivity contribution >= 4 is 17.4 Å². The van der Waals surface area contributed by atoms with Crippen LogP contribution in [0, 0.1) is 13.8 Å². The van der Waals surface area contributed by atoms with Crippen LogP contribution < -0.4 is 4.74 Å². The van der Waals surface area contributed by atoms with Gasteiger partial charge in [-0.2, -0.15) is 0 Å². The van der Waals surface area contributed by atoms with Gasteiger partial charge in [-0.25, -0.2) is 0 Å². The number of rotatable bonds is 5. The van der Waals surface area contributed by atoms with Crippen molar-refractivity contribution in [3.05, 3.63) is 106 Å². The fraction of sp³-hybridized carbons (Fsp3) is 0.290. The summed E-state index contributed by atoms with van der Waals surface area (Å²) in [7, 11) is 1.60. The van der Waals surface area contributed by atoms with Crippen molar-refractivity contribution in [2.75, 3.05) is 7.11 Å². The van der Waals surface area contributed by atoms with Gasteiger partial charge in [-0.3, -0.25) is 9.59 Å². The zero-order chi connectivity index (χ0) is 26.2. The molecule has 0 radical (unpaired) electrons. The number of nitrogens with zero attached hydrogens (tertiary/aromatic N) is 1. The smallest absolute Gasteiger partial charge is 0.295 e. The molecule has 0 spiro atoms. The molecule has 3 aromatic rings. The third kappa shape index (κ3) is 4.78. The Balaban J connectivity index is 1.86. The van der Waals surface area contributed by atoms with Gasteiger partial charge in [0.1, 0.15) is 11.5 Å². The van der Waals surface area contributed by atoms with Crippen molar-refractivity contribution in [1.29, 1.82) is 0 Å². The fourth-order valence-electron chi connectivity index (χ4n) is 4.62. The van der Waals surface area contributed by atoms with Crippen LogP contribution in [0.25, 0.3) is 5.76 Å². The van der Waals surface area contributed by atoms with Crippen LogP contribution in [-0.4, -0.2) is 28.8 Å². The monoisotopic (exact) mass is 483 g/mol. The molecule has 1 unspecified atom stereocenters. The highest BCUT2D eigenvalue weighted by Crippen LogP contribution is 2.41. The number of hydrogen-bond acceptors (Lipinski definition) is 4. The summed E-state index contributed by atoms with van der Waals surface area (Å²) in [5, 5.41) is 11.4. The number of amides is 1. The molecule has 1 aliphatic heterocycles. The largest absolute Gasteiger partial charge is 0.507 e. The minimum Gasteiger partial charge on any atom is -0.507 e. The van der Waals surface area contributed by atoms with Crippen molar-refractivity contribution in [3.8, 4) is 5.75 Å². The Kier molecular flexibility index (Phi) is 6.77. The molecule has 5 heteroatoms. The molecule has 5 nitrogen and oxygen atoms in total. The normalized spacial score (nSPS) is 17.5. The summed E-state index contributed by atoms with van der Waals surface area (Å²) >= 11 is 0. The van der Waals surface area contributed by atoms with Gasteiger partial charge in [0.2, 0.25) is 0 Å². The summed E-state index contributed by atoms with van der Waals surface area (Å²) in [5.41, 5.74) is 5.22. The maximum Gasteiger partial charge on any atom is 0.295 e. The summed E-state index contributed by atoms with van der Waals surface area (Å²) in [5.74, 6) is -0.726. The fourth-order valence-corrected chi connectivity index (χ4v) is 4.62. The molecule has 1 N–H and O–H groups in total. The average Bonchev–Trinajstić information content (AvgIpc) is 3.10. The molecular formula is C31H33NO4. The summed E-state index contributed by atoms with van der Waals surface area (Å²) in [4.78, 5) is 28.3. The van der Waals surface area contributed by atoms with Crippen LogP contribution in [0.5, 0.6) is 5.75 Å². The van der Waals surface area contributed by atoms with Gasteiger partial charge < -0.3 is 14.7 Å². The summed E-state index contributed by atoms with van der Waals surface area (Å²) in [6.07, 6.45) is 0. The van der Waals surface area contributed by atoms with Gasteiger partial charge in [0.25, 0.3) is 11.7 Å². The first-order valence-electron chi connectivity index (χ1n) is 12.1. The number of ether oxygens (including phenoxy) is 1. The third-order valence-electron chi connectivity index (χ3n) is 6.79. The molecule has 3 aromatic carbocycles. The molecule has 0 aromatic heterocycles. The minimum absolute atomic E-state index is 0.0396. The lowest BCUT2D eigenvalue weighted by molar-refractivity contribution is -0.140. The van der Waals surface area contributed by atoms with E-state index < -0.39 is 17.7 Å². The van der Waals surface area contributed by atoms with Crippen LogP contribution in [0.3, 0.4) is 0 Å². The topological polar surface area (TPSA) is 66.8 Å². The number of ketones is 1. The molecular weight excluding hydrogens is 450 g/mol. The predicted molar refractivity (Wildman–Crippen MR) is 142 cm³/mol. The van der Waals surface area contributed by atoms with Gasteiger partial charge in [-0.1, -0.05) is 74.9 Å². The van der Waals surface area contributed by atoms with E-state index in [1.165, 1.54) is 0 Å². The molecule has 1 heterocycles. The van der Waals surface area contributed by atoms with Crippen LogP contribution in [0.1, 0.15) is 60.2 Å². The number of carbonyl (C=O) groups excluding carboxylic acids is 2. The Morgan fingerprint density at radius 3 is 2.17 bits per heavy atom. The van der Waals surface area contributed by atoms with Gasteiger partial charge in [0.05, 0.1) is 18.7 Å². The second kappa shape index (κ2) is 9.65. The van der Waals surface area contributed by atoms with E-state index in [2.05, 4.69) is 20.8 Å². The number of Topliss-reactive ketones (excluding diaryl/α,β-unsaturated/α-hetero) is 1. The molecule has 1 amide bonds. The lowest BCUT2D eigenvalue weighted by atomic mass is 9.85. The van der Waals surface area contributed by atoms with Gasteiger partial charge >= 0.3 is 0 Å². The Morgan fingerprint density at radius 1 is 0.944 bits per heavy atom. The van der Waals surface area contributed by atoms with Crippen molar-refractivity contribution < 1.29 is 19.4 Å². The number of hydrogen-bond donors (Lipinski definition) is 1. The van der Waals surface area contributed by atoms with E-state index in [1.54, 1.807) is 12.0 Å². The first-order valence-corrected chi connectivity index (χ1v) is 12.1. The van der Waals surface area contributed by atoms with Crippen LogP contribution in [0.2, 0.25) is 0 Å². The molecule has 0 aliphatic carbocycles. The molecule has 1 fully saturated rings. The molecule has 1 aliphatic rings. The molecule has 0 saturated carbocycles. The highest BCUT2D eigenvalue weighted by Gasteiger charge is 2.46. The van der Waals surface area contributed by atoms with Gasteiger partial charge in [0.15, 0.2) is 0 Å². The SMILES string of the molecule is COc1ccc(CN2C(=O)C(=O)/C(=C(/O)c3cc(C)ccc3C)C2c2ccc(C(C)(C)C)cc2)cc1. The number of aliphatic hydroxyl groups excluding tert-OH is 1. The Labute approximate surface area is 213 Å². The van der Waals surface area contributed by atoms with Gasteiger partial charge in [0, 0.05) is 12.1 Å². The first kappa shape index (κ1) is 25.2. The number of carbonyl (C=O) groups is 2. The molecule has 1 saturated heterocycles. The quantitative estimate of drug-likeness (QED) is 0.265. The van der Waals surface area contributed by atoms with Gasteiger partial charge in [-0.15, -0.1) is 0 Å².